The standard InChI is InChI=1S/C13H19ClN2O2/c1-9-7-11(18-2)13(17)12(14)10(9)8-16-5-3-15-4-6-16/h7,15,17H,3-6,8H2,1-2H3. The second-order valence-electron chi connectivity index (χ2n) is 4.56. The summed E-state index contributed by atoms with van der Waals surface area (Å²) in [4.78, 5) is 2.33. The van der Waals surface area contributed by atoms with Crippen molar-refractivity contribution in [3.63, 3.8) is 0 Å². The average molecular weight is 271 g/mol. The van der Waals surface area contributed by atoms with Gasteiger partial charge in [0.05, 0.1) is 12.1 Å². The van der Waals surface area contributed by atoms with Crippen molar-refractivity contribution in [2.45, 2.75) is 13.5 Å². The molecule has 0 spiro atoms. The number of piperazine rings is 1. The molecule has 1 aromatic rings. The van der Waals surface area contributed by atoms with Gasteiger partial charge in [-0.25, -0.2) is 0 Å². The van der Waals surface area contributed by atoms with E-state index in [4.69, 9.17) is 16.3 Å². The van der Waals surface area contributed by atoms with Crippen molar-refractivity contribution in [3.05, 3.63) is 22.2 Å². The van der Waals surface area contributed by atoms with Crippen LogP contribution in [-0.4, -0.2) is 43.3 Å². The van der Waals surface area contributed by atoms with E-state index >= 15 is 0 Å². The Bertz CT molecular complexity index is 431. The van der Waals surface area contributed by atoms with Gasteiger partial charge in [-0.05, 0) is 24.1 Å². The Morgan fingerprint density at radius 2 is 2.11 bits per heavy atom. The smallest absolute Gasteiger partial charge is 0.177 e. The number of rotatable bonds is 3. The van der Waals surface area contributed by atoms with Crippen LogP contribution >= 0.6 is 11.6 Å². The second-order valence-corrected chi connectivity index (χ2v) is 4.94. The molecule has 1 heterocycles. The lowest BCUT2D eigenvalue weighted by Gasteiger charge is -2.28. The third-order valence-corrected chi connectivity index (χ3v) is 3.75. The van der Waals surface area contributed by atoms with E-state index < -0.39 is 0 Å². The number of aromatic hydroxyl groups is 1. The van der Waals surface area contributed by atoms with Crippen LogP contribution in [0.3, 0.4) is 0 Å². The Kier molecular flexibility index (Phi) is 4.32. The largest absolute Gasteiger partial charge is 0.503 e. The SMILES string of the molecule is COc1cc(C)c(CN2CCNCC2)c(Cl)c1O. The first kappa shape index (κ1) is 13.5. The van der Waals surface area contributed by atoms with Gasteiger partial charge < -0.3 is 15.2 Å². The Morgan fingerprint density at radius 1 is 1.44 bits per heavy atom. The van der Waals surface area contributed by atoms with Crippen LogP contribution in [-0.2, 0) is 6.54 Å². The van der Waals surface area contributed by atoms with E-state index in [2.05, 4.69) is 10.2 Å². The van der Waals surface area contributed by atoms with E-state index in [1.54, 1.807) is 0 Å². The van der Waals surface area contributed by atoms with Gasteiger partial charge in [-0.15, -0.1) is 0 Å². The molecule has 0 radical (unpaired) electrons. The Hall–Kier alpha value is -0.970. The molecular formula is C13H19ClN2O2. The zero-order valence-corrected chi connectivity index (χ0v) is 11.5. The molecular weight excluding hydrogens is 252 g/mol. The number of ether oxygens (including phenoxy) is 1. The third kappa shape index (κ3) is 2.71. The molecule has 100 valence electrons. The number of hydrogen-bond donors (Lipinski definition) is 2. The molecule has 0 amide bonds. The average Bonchev–Trinajstić information content (AvgIpc) is 2.40. The second kappa shape index (κ2) is 5.78. The summed E-state index contributed by atoms with van der Waals surface area (Å²) in [5.41, 5.74) is 2.03. The van der Waals surface area contributed by atoms with Crippen molar-refractivity contribution >= 4 is 11.6 Å². The van der Waals surface area contributed by atoms with E-state index in [0.717, 1.165) is 43.9 Å². The Labute approximate surface area is 113 Å². The monoisotopic (exact) mass is 270 g/mol. The normalized spacial score (nSPS) is 16.8. The fourth-order valence-electron chi connectivity index (χ4n) is 2.22. The molecule has 1 aliphatic rings. The molecule has 1 fully saturated rings. The number of halogens is 1. The van der Waals surface area contributed by atoms with E-state index in [1.165, 1.54) is 7.11 Å². The molecule has 1 aromatic carbocycles. The van der Waals surface area contributed by atoms with Crippen molar-refractivity contribution in [3.8, 4) is 11.5 Å². The fraction of sp³-hybridized carbons (Fsp3) is 0.538. The number of hydrogen-bond acceptors (Lipinski definition) is 4. The fourth-order valence-corrected chi connectivity index (χ4v) is 2.52. The molecule has 0 bridgehead atoms. The number of nitrogens with zero attached hydrogens (tertiary/aromatic N) is 1. The van der Waals surface area contributed by atoms with Crippen LogP contribution in [0.1, 0.15) is 11.1 Å². The number of aryl methyl sites for hydroxylation is 1. The summed E-state index contributed by atoms with van der Waals surface area (Å²) in [6, 6.07) is 1.83. The number of nitrogens with one attached hydrogen (secondary N) is 1. The molecule has 0 unspecified atom stereocenters. The van der Waals surface area contributed by atoms with E-state index in [9.17, 15) is 5.11 Å². The molecule has 2 rings (SSSR count). The summed E-state index contributed by atoms with van der Waals surface area (Å²) in [6.07, 6.45) is 0. The van der Waals surface area contributed by atoms with Crippen LogP contribution in [0.2, 0.25) is 5.02 Å². The topological polar surface area (TPSA) is 44.7 Å². The van der Waals surface area contributed by atoms with Crippen LogP contribution < -0.4 is 10.1 Å². The predicted molar refractivity (Wildman–Crippen MR) is 72.6 cm³/mol. The van der Waals surface area contributed by atoms with E-state index in [1.807, 2.05) is 13.0 Å². The zero-order chi connectivity index (χ0) is 13.1. The molecule has 5 heteroatoms. The molecule has 0 atom stereocenters. The minimum atomic E-state index is 0.0369. The maximum absolute atomic E-state index is 9.94. The highest BCUT2D eigenvalue weighted by atomic mass is 35.5. The molecule has 0 aromatic heterocycles. The van der Waals surface area contributed by atoms with Crippen molar-refractivity contribution in [2.24, 2.45) is 0 Å². The van der Waals surface area contributed by atoms with E-state index in [0.29, 0.717) is 10.8 Å². The zero-order valence-electron chi connectivity index (χ0n) is 10.8. The van der Waals surface area contributed by atoms with Gasteiger partial charge in [0.25, 0.3) is 0 Å². The Balaban J connectivity index is 2.24. The lowest BCUT2D eigenvalue weighted by Crippen LogP contribution is -2.43. The third-order valence-electron chi connectivity index (χ3n) is 3.34. The molecule has 18 heavy (non-hydrogen) atoms. The van der Waals surface area contributed by atoms with Gasteiger partial charge in [0, 0.05) is 32.7 Å². The van der Waals surface area contributed by atoms with Crippen LogP contribution in [0.25, 0.3) is 0 Å². The minimum Gasteiger partial charge on any atom is -0.503 e. The predicted octanol–water partition coefficient (Wildman–Crippen LogP) is 1.77. The quantitative estimate of drug-likeness (QED) is 0.879. The van der Waals surface area contributed by atoms with Gasteiger partial charge in [0.15, 0.2) is 11.5 Å². The van der Waals surface area contributed by atoms with Crippen molar-refractivity contribution < 1.29 is 9.84 Å². The molecule has 0 aliphatic carbocycles. The maximum atomic E-state index is 9.94. The maximum Gasteiger partial charge on any atom is 0.177 e. The summed E-state index contributed by atoms with van der Waals surface area (Å²) in [5, 5.41) is 13.7. The summed E-state index contributed by atoms with van der Waals surface area (Å²) >= 11 is 6.23. The first-order chi connectivity index (χ1) is 8.63. The molecule has 0 saturated carbocycles. The lowest BCUT2D eigenvalue weighted by molar-refractivity contribution is 0.232. The van der Waals surface area contributed by atoms with Crippen molar-refractivity contribution in [1.29, 1.82) is 0 Å². The molecule has 1 aliphatic heterocycles. The number of benzene rings is 1. The summed E-state index contributed by atoms with van der Waals surface area (Å²) in [6.45, 7) is 6.76. The minimum absolute atomic E-state index is 0.0369. The van der Waals surface area contributed by atoms with E-state index in [-0.39, 0.29) is 5.75 Å². The summed E-state index contributed by atoms with van der Waals surface area (Å²) in [7, 11) is 1.53. The molecule has 2 N–H and O–H groups in total. The highest BCUT2D eigenvalue weighted by molar-refractivity contribution is 6.33. The van der Waals surface area contributed by atoms with Crippen molar-refractivity contribution in [1.82, 2.24) is 10.2 Å². The van der Waals surface area contributed by atoms with Gasteiger partial charge in [-0.3, -0.25) is 4.90 Å². The van der Waals surface area contributed by atoms with Gasteiger partial charge in [-0.1, -0.05) is 11.6 Å². The first-order valence-electron chi connectivity index (χ1n) is 6.11. The lowest BCUT2D eigenvalue weighted by atomic mass is 10.1. The highest BCUT2D eigenvalue weighted by Crippen LogP contribution is 2.38. The molecule has 1 saturated heterocycles. The van der Waals surface area contributed by atoms with Crippen LogP contribution in [0.5, 0.6) is 11.5 Å². The molecule has 4 nitrogen and oxygen atoms in total. The highest BCUT2D eigenvalue weighted by Gasteiger charge is 2.18. The summed E-state index contributed by atoms with van der Waals surface area (Å²) < 4.78 is 5.09. The van der Waals surface area contributed by atoms with Crippen LogP contribution in [0, 0.1) is 6.92 Å². The van der Waals surface area contributed by atoms with Gasteiger partial charge in [0.2, 0.25) is 0 Å². The van der Waals surface area contributed by atoms with Crippen molar-refractivity contribution in [2.75, 3.05) is 33.3 Å². The Morgan fingerprint density at radius 3 is 2.72 bits per heavy atom. The van der Waals surface area contributed by atoms with Gasteiger partial charge >= 0.3 is 0 Å². The van der Waals surface area contributed by atoms with Gasteiger partial charge in [-0.2, -0.15) is 0 Å². The number of phenolic OH excluding ortho intramolecular Hbond substituents is 1. The van der Waals surface area contributed by atoms with Crippen LogP contribution in [0.4, 0.5) is 0 Å². The number of methoxy groups -OCH3 is 1. The van der Waals surface area contributed by atoms with Gasteiger partial charge in [0.1, 0.15) is 0 Å². The summed E-state index contributed by atoms with van der Waals surface area (Å²) in [5.74, 6) is 0.469. The first-order valence-corrected chi connectivity index (χ1v) is 6.49. The van der Waals surface area contributed by atoms with Crippen LogP contribution in [0.15, 0.2) is 6.07 Å². The number of phenols is 1.